The van der Waals surface area contributed by atoms with E-state index >= 15 is 0 Å². The highest BCUT2D eigenvalue weighted by Gasteiger charge is 2.41. The molecule has 6 nitrogen and oxygen atoms in total. The molecule has 0 radical (unpaired) electrons. The number of halogens is 2. The Labute approximate surface area is 196 Å². The molecule has 1 aliphatic heterocycles. The molecular weight excluding hydrogens is 447 g/mol. The molecule has 1 unspecified atom stereocenters. The van der Waals surface area contributed by atoms with Gasteiger partial charge in [0.1, 0.15) is 24.7 Å². The molecule has 8 heteroatoms. The van der Waals surface area contributed by atoms with Crippen molar-refractivity contribution in [1.82, 2.24) is 14.8 Å². The number of rotatable bonds is 4. The van der Waals surface area contributed by atoms with Crippen molar-refractivity contribution in [2.24, 2.45) is 5.41 Å². The standard InChI is InChI=1S/C24H22Cl2N4O2/c1-24(2)10-19-21(20(31)11-24)22(30-23(29-19)27-13-28-30)14-4-7-17(8-5-14)32-12-15-3-6-16(25)9-18(15)26/h3-9,13,22H,10-12H2,1-2H3,(H,27,28,29). The van der Waals surface area contributed by atoms with Crippen LogP contribution in [-0.2, 0) is 11.4 Å². The molecule has 0 saturated heterocycles. The van der Waals surface area contributed by atoms with Gasteiger partial charge in [0.2, 0.25) is 5.95 Å². The van der Waals surface area contributed by atoms with E-state index < -0.39 is 0 Å². The lowest BCUT2D eigenvalue weighted by molar-refractivity contribution is -0.118. The van der Waals surface area contributed by atoms with Crippen LogP contribution in [0.3, 0.4) is 0 Å². The summed E-state index contributed by atoms with van der Waals surface area (Å²) in [5.41, 5.74) is 3.43. The highest BCUT2D eigenvalue weighted by molar-refractivity contribution is 6.35. The minimum atomic E-state index is -0.313. The van der Waals surface area contributed by atoms with Crippen LogP contribution < -0.4 is 10.1 Å². The molecule has 3 aromatic rings. The summed E-state index contributed by atoms with van der Waals surface area (Å²) in [6, 6.07) is 12.8. The van der Waals surface area contributed by atoms with E-state index in [9.17, 15) is 4.79 Å². The van der Waals surface area contributed by atoms with Crippen molar-refractivity contribution in [3.05, 3.63) is 81.2 Å². The number of nitrogens with zero attached hydrogens (tertiary/aromatic N) is 3. The van der Waals surface area contributed by atoms with Crippen molar-refractivity contribution in [3.63, 3.8) is 0 Å². The summed E-state index contributed by atoms with van der Waals surface area (Å²) in [4.78, 5) is 17.5. The minimum absolute atomic E-state index is 0.0870. The van der Waals surface area contributed by atoms with Crippen molar-refractivity contribution >= 4 is 34.9 Å². The maximum atomic E-state index is 13.1. The highest BCUT2D eigenvalue weighted by atomic mass is 35.5. The maximum Gasteiger partial charge on any atom is 0.226 e. The average Bonchev–Trinajstić information content (AvgIpc) is 3.19. The summed E-state index contributed by atoms with van der Waals surface area (Å²) in [5, 5.41) is 8.88. The molecule has 0 fully saturated rings. The molecule has 32 heavy (non-hydrogen) atoms. The Morgan fingerprint density at radius 3 is 2.69 bits per heavy atom. The van der Waals surface area contributed by atoms with Crippen molar-refractivity contribution in [2.45, 2.75) is 39.3 Å². The molecule has 0 bridgehead atoms. The smallest absolute Gasteiger partial charge is 0.226 e. The number of ketones is 1. The Balaban J connectivity index is 1.42. The van der Waals surface area contributed by atoms with Gasteiger partial charge in [-0.3, -0.25) is 4.79 Å². The number of Topliss-reactive ketones (excluding diaryl/α,β-unsaturated/α-hetero) is 1. The second-order valence-electron chi connectivity index (χ2n) is 8.98. The lowest BCUT2D eigenvalue weighted by Gasteiger charge is -2.38. The number of nitrogens with one attached hydrogen (secondary N) is 1. The molecule has 164 valence electrons. The Bertz CT molecular complexity index is 1230. The van der Waals surface area contributed by atoms with Gasteiger partial charge in [-0.05, 0) is 41.7 Å². The predicted octanol–water partition coefficient (Wildman–Crippen LogP) is 5.82. The second kappa shape index (κ2) is 7.94. The lowest BCUT2D eigenvalue weighted by Crippen LogP contribution is -2.36. The zero-order valence-corrected chi connectivity index (χ0v) is 19.2. The van der Waals surface area contributed by atoms with E-state index in [4.69, 9.17) is 27.9 Å². The number of fused-ring (bicyclic) bond motifs is 1. The van der Waals surface area contributed by atoms with Crippen molar-refractivity contribution < 1.29 is 9.53 Å². The van der Waals surface area contributed by atoms with Crippen molar-refractivity contribution in [2.75, 3.05) is 5.32 Å². The Kier molecular flexibility index (Phi) is 5.22. The van der Waals surface area contributed by atoms with Crippen molar-refractivity contribution in [1.29, 1.82) is 0 Å². The molecule has 5 rings (SSSR count). The molecule has 1 aliphatic carbocycles. The van der Waals surface area contributed by atoms with Crippen molar-refractivity contribution in [3.8, 4) is 5.75 Å². The fourth-order valence-electron chi connectivity index (χ4n) is 4.40. The molecular formula is C24H22Cl2N4O2. The van der Waals surface area contributed by atoms with Crippen LogP contribution in [0.15, 0.2) is 60.1 Å². The number of allylic oxidation sites excluding steroid dienone is 2. The third-order valence-corrected chi connectivity index (χ3v) is 6.47. The summed E-state index contributed by atoms with van der Waals surface area (Å²) in [7, 11) is 0. The van der Waals surface area contributed by atoms with Crippen LogP contribution in [0.2, 0.25) is 10.0 Å². The zero-order chi connectivity index (χ0) is 22.5. The van der Waals surface area contributed by atoms with Gasteiger partial charge >= 0.3 is 0 Å². The van der Waals surface area contributed by atoms with E-state index in [1.165, 1.54) is 6.33 Å². The first-order valence-corrected chi connectivity index (χ1v) is 11.2. The molecule has 2 aliphatic rings. The van der Waals surface area contributed by atoms with Crippen LogP contribution in [0.25, 0.3) is 0 Å². The Morgan fingerprint density at radius 2 is 1.94 bits per heavy atom. The monoisotopic (exact) mass is 468 g/mol. The van der Waals surface area contributed by atoms with Gasteiger partial charge in [0.15, 0.2) is 5.78 Å². The van der Waals surface area contributed by atoms with Gasteiger partial charge in [0.25, 0.3) is 0 Å². The molecule has 0 spiro atoms. The largest absolute Gasteiger partial charge is 0.489 e. The van der Waals surface area contributed by atoms with Crippen LogP contribution >= 0.6 is 23.2 Å². The fraction of sp³-hybridized carbons (Fsp3) is 0.292. The van der Waals surface area contributed by atoms with Gasteiger partial charge in [-0.2, -0.15) is 10.1 Å². The first-order valence-electron chi connectivity index (χ1n) is 10.4. The summed E-state index contributed by atoms with van der Waals surface area (Å²) in [6.07, 6.45) is 2.81. The fourth-order valence-corrected chi connectivity index (χ4v) is 4.87. The number of carbonyl (C=O) groups is 1. The quantitative estimate of drug-likeness (QED) is 0.522. The Morgan fingerprint density at radius 1 is 1.16 bits per heavy atom. The average molecular weight is 469 g/mol. The normalized spacial score (nSPS) is 19.2. The highest BCUT2D eigenvalue weighted by Crippen LogP contribution is 2.45. The topological polar surface area (TPSA) is 69.0 Å². The number of carbonyl (C=O) groups excluding carboxylic acids is 1. The lowest BCUT2D eigenvalue weighted by atomic mass is 9.73. The SMILES string of the molecule is CC1(C)CC(=O)C2=C(C1)Nc1ncnn1C2c1ccc(OCc2ccc(Cl)cc2Cl)cc1. The Hall–Kier alpha value is -2.83. The van der Waals surface area contributed by atoms with Gasteiger partial charge in [0.05, 0.1) is 0 Å². The number of hydrogen-bond acceptors (Lipinski definition) is 5. The van der Waals surface area contributed by atoms with Gasteiger partial charge in [-0.25, -0.2) is 4.68 Å². The summed E-state index contributed by atoms with van der Waals surface area (Å²) >= 11 is 12.2. The van der Waals surface area contributed by atoms with E-state index in [2.05, 4.69) is 29.2 Å². The summed E-state index contributed by atoms with van der Waals surface area (Å²) in [6.45, 7) is 4.56. The van der Waals surface area contributed by atoms with Crippen LogP contribution in [-0.4, -0.2) is 20.5 Å². The number of aromatic nitrogens is 3. The third-order valence-electron chi connectivity index (χ3n) is 5.88. The second-order valence-corrected chi connectivity index (χ2v) is 9.83. The zero-order valence-electron chi connectivity index (χ0n) is 17.7. The van der Waals surface area contributed by atoms with E-state index in [0.29, 0.717) is 34.8 Å². The molecule has 0 saturated carbocycles. The van der Waals surface area contributed by atoms with E-state index in [1.807, 2.05) is 30.3 Å². The van der Waals surface area contributed by atoms with E-state index in [1.54, 1.807) is 16.8 Å². The minimum Gasteiger partial charge on any atom is -0.489 e. The number of hydrogen-bond donors (Lipinski definition) is 1. The first kappa shape index (κ1) is 21.0. The molecule has 0 amide bonds. The van der Waals surface area contributed by atoms with E-state index in [-0.39, 0.29) is 17.2 Å². The molecule has 2 heterocycles. The van der Waals surface area contributed by atoms with Crippen LogP contribution in [0, 0.1) is 5.41 Å². The van der Waals surface area contributed by atoms with Gasteiger partial charge in [0, 0.05) is 33.3 Å². The first-order chi connectivity index (χ1) is 15.3. The number of benzene rings is 2. The summed E-state index contributed by atoms with van der Waals surface area (Å²) in [5.74, 6) is 1.50. The van der Waals surface area contributed by atoms with Crippen LogP contribution in [0.4, 0.5) is 5.95 Å². The molecule has 1 atom stereocenters. The van der Waals surface area contributed by atoms with Gasteiger partial charge in [-0.15, -0.1) is 0 Å². The number of anilines is 1. The maximum absolute atomic E-state index is 13.1. The number of ether oxygens (including phenoxy) is 1. The summed E-state index contributed by atoms with van der Waals surface area (Å²) < 4.78 is 7.69. The van der Waals surface area contributed by atoms with Gasteiger partial charge in [-0.1, -0.05) is 55.2 Å². The molecule has 1 N–H and O–H groups in total. The van der Waals surface area contributed by atoms with Gasteiger partial charge < -0.3 is 10.1 Å². The van der Waals surface area contributed by atoms with E-state index in [0.717, 1.165) is 28.8 Å². The van der Waals surface area contributed by atoms with Crippen LogP contribution in [0.5, 0.6) is 5.75 Å². The third kappa shape index (κ3) is 3.89. The predicted molar refractivity (Wildman–Crippen MR) is 124 cm³/mol. The molecule has 1 aromatic heterocycles. The van der Waals surface area contributed by atoms with Crippen LogP contribution in [0.1, 0.15) is 43.9 Å². The molecule has 2 aromatic carbocycles.